The van der Waals surface area contributed by atoms with E-state index in [1.165, 1.54) is 11.8 Å². The highest BCUT2D eigenvalue weighted by atomic mass is 32.2. The van der Waals surface area contributed by atoms with Gasteiger partial charge < -0.3 is 9.88 Å². The maximum atomic E-state index is 12.6. The number of amides is 1. The van der Waals surface area contributed by atoms with Crippen molar-refractivity contribution in [2.75, 3.05) is 11.1 Å². The standard InChI is InChI=1S/C21H27N5OS/c1-14(2)12-25-17(5)16(4)22-21(25)28-13-20(27)23-19-11-15(3)24-26(19)18-9-7-6-8-10-18/h6-11,14H,12-13H2,1-5H3,(H,23,27). The second-order valence-corrected chi connectivity index (χ2v) is 8.27. The van der Waals surface area contributed by atoms with Crippen molar-refractivity contribution in [3.05, 3.63) is 53.5 Å². The van der Waals surface area contributed by atoms with Gasteiger partial charge in [0.05, 0.1) is 22.8 Å². The van der Waals surface area contributed by atoms with Gasteiger partial charge in [-0.1, -0.05) is 43.8 Å². The van der Waals surface area contributed by atoms with Crippen molar-refractivity contribution in [2.45, 2.75) is 46.3 Å². The van der Waals surface area contributed by atoms with Crippen LogP contribution in [0.5, 0.6) is 0 Å². The number of nitrogens with one attached hydrogen (secondary N) is 1. The Morgan fingerprint density at radius 3 is 2.57 bits per heavy atom. The van der Waals surface area contributed by atoms with Crippen LogP contribution in [0.15, 0.2) is 41.6 Å². The van der Waals surface area contributed by atoms with Crippen LogP contribution >= 0.6 is 11.8 Å². The largest absolute Gasteiger partial charge is 0.323 e. The average molecular weight is 398 g/mol. The summed E-state index contributed by atoms with van der Waals surface area (Å²) >= 11 is 1.47. The summed E-state index contributed by atoms with van der Waals surface area (Å²) in [6, 6.07) is 11.7. The van der Waals surface area contributed by atoms with Gasteiger partial charge in [-0.2, -0.15) is 5.10 Å². The molecule has 0 aliphatic rings. The molecule has 0 radical (unpaired) electrons. The zero-order valence-electron chi connectivity index (χ0n) is 17.1. The molecule has 0 fully saturated rings. The molecule has 7 heteroatoms. The average Bonchev–Trinajstić information content (AvgIpc) is 3.14. The second kappa shape index (κ2) is 8.65. The fourth-order valence-corrected chi connectivity index (χ4v) is 3.88. The first-order chi connectivity index (χ1) is 13.3. The minimum Gasteiger partial charge on any atom is -0.323 e. The summed E-state index contributed by atoms with van der Waals surface area (Å²) in [4.78, 5) is 17.2. The maximum absolute atomic E-state index is 12.6. The topological polar surface area (TPSA) is 64.7 Å². The van der Waals surface area contributed by atoms with Crippen molar-refractivity contribution < 1.29 is 4.79 Å². The van der Waals surface area contributed by atoms with Crippen LogP contribution in [0, 0.1) is 26.7 Å². The molecule has 0 bridgehead atoms. The predicted molar refractivity (Wildman–Crippen MR) is 114 cm³/mol. The molecule has 1 N–H and O–H groups in total. The Kier molecular flexibility index (Phi) is 6.24. The fourth-order valence-electron chi connectivity index (χ4n) is 2.98. The van der Waals surface area contributed by atoms with E-state index in [0.717, 1.165) is 34.5 Å². The van der Waals surface area contributed by atoms with E-state index in [-0.39, 0.29) is 5.91 Å². The van der Waals surface area contributed by atoms with E-state index in [9.17, 15) is 4.79 Å². The monoisotopic (exact) mass is 397 g/mol. The van der Waals surface area contributed by atoms with Gasteiger partial charge in [-0.05, 0) is 38.8 Å². The number of hydrogen-bond donors (Lipinski definition) is 1. The third kappa shape index (κ3) is 4.65. The molecular weight excluding hydrogens is 370 g/mol. The molecule has 2 heterocycles. The van der Waals surface area contributed by atoms with Gasteiger partial charge in [-0.3, -0.25) is 4.79 Å². The molecule has 1 aromatic carbocycles. The molecule has 0 atom stereocenters. The molecule has 3 aromatic rings. The van der Waals surface area contributed by atoms with Crippen molar-refractivity contribution in [1.82, 2.24) is 19.3 Å². The van der Waals surface area contributed by atoms with Crippen LogP contribution in [0.1, 0.15) is 30.9 Å². The minimum absolute atomic E-state index is 0.0727. The lowest BCUT2D eigenvalue weighted by atomic mass is 10.2. The molecule has 6 nitrogen and oxygen atoms in total. The number of anilines is 1. The van der Waals surface area contributed by atoms with E-state index in [2.05, 4.69) is 40.7 Å². The number of nitrogens with zero attached hydrogens (tertiary/aromatic N) is 4. The number of para-hydroxylation sites is 1. The van der Waals surface area contributed by atoms with Gasteiger partial charge in [0.15, 0.2) is 5.16 Å². The SMILES string of the molecule is Cc1cc(NC(=O)CSc2nc(C)c(C)n2CC(C)C)n(-c2ccccc2)n1. The van der Waals surface area contributed by atoms with Gasteiger partial charge >= 0.3 is 0 Å². The number of carbonyl (C=O) groups excluding carboxylic acids is 1. The molecule has 28 heavy (non-hydrogen) atoms. The van der Waals surface area contributed by atoms with Crippen LogP contribution in [0.3, 0.4) is 0 Å². The van der Waals surface area contributed by atoms with Crippen LogP contribution in [0.2, 0.25) is 0 Å². The second-order valence-electron chi connectivity index (χ2n) is 7.32. The number of aryl methyl sites for hydroxylation is 2. The summed E-state index contributed by atoms with van der Waals surface area (Å²) in [5.41, 5.74) is 3.94. The van der Waals surface area contributed by atoms with Crippen LogP contribution in [0.4, 0.5) is 5.82 Å². The first kappa shape index (κ1) is 20.2. The number of thioether (sulfide) groups is 1. The highest BCUT2D eigenvalue weighted by Gasteiger charge is 2.16. The predicted octanol–water partition coefficient (Wildman–Crippen LogP) is 4.38. The van der Waals surface area contributed by atoms with E-state index in [1.54, 1.807) is 4.68 Å². The van der Waals surface area contributed by atoms with Crippen LogP contribution in [-0.2, 0) is 11.3 Å². The maximum Gasteiger partial charge on any atom is 0.236 e. The summed E-state index contributed by atoms with van der Waals surface area (Å²) in [6.45, 7) is 11.3. The Labute approximate surface area is 170 Å². The summed E-state index contributed by atoms with van der Waals surface area (Å²) < 4.78 is 3.96. The fraction of sp³-hybridized carbons (Fsp3) is 0.381. The molecule has 0 saturated carbocycles. The summed E-state index contributed by atoms with van der Waals surface area (Å²) in [5, 5.41) is 8.37. The van der Waals surface area contributed by atoms with Gasteiger partial charge in [0.25, 0.3) is 0 Å². The van der Waals surface area contributed by atoms with Crippen LogP contribution in [-0.4, -0.2) is 31.0 Å². The summed E-state index contributed by atoms with van der Waals surface area (Å²) in [7, 11) is 0. The van der Waals surface area contributed by atoms with Crippen molar-refractivity contribution in [3.8, 4) is 5.69 Å². The van der Waals surface area contributed by atoms with Gasteiger partial charge in [0.2, 0.25) is 5.91 Å². The molecule has 148 valence electrons. The molecule has 0 spiro atoms. The molecule has 1 amide bonds. The van der Waals surface area contributed by atoms with Gasteiger partial charge in [-0.25, -0.2) is 9.67 Å². The molecule has 0 saturated heterocycles. The van der Waals surface area contributed by atoms with Crippen molar-refractivity contribution in [3.63, 3.8) is 0 Å². The molecule has 0 aliphatic heterocycles. The zero-order chi connectivity index (χ0) is 20.3. The molecular formula is C21H27N5OS. The van der Waals surface area contributed by atoms with E-state index < -0.39 is 0 Å². The lowest BCUT2D eigenvalue weighted by Gasteiger charge is -2.12. The van der Waals surface area contributed by atoms with Crippen LogP contribution in [0.25, 0.3) is 5.69 Å². The molecule has 3 rings (SSSR count). The number of carbonyl (C=O) groups is 1. The lowest BCUT2D eigenvalue weighted by molar-refractivity contribution is -0.113. The van der Waals surface area contributed by atoms with Gasteiger partial charge in [-0.15, -0.1) is 0 Å². The van der Waals surface area contributed by atoms with Crippen molar-refractivity contribution in [2.24, 2.45) is 5.92 Å². The number of aromatic nitrogens is 4. The van der Waals surface area contributed by atoms with E-state index in [4.69, 9.17) is 0 Å². The quantitative estimate of drug-likeness (QED) is 0.601. The third-order valence-corrected chi connectivity index (χ3v) is 5.38. The Morgan fingerprint density at radius 1 is 1.18 bits per heavy atom. The zero-order valence-corrected chi connectivity index (χ0v) is 17.9. The van der Waals surface area contributed by atoms with E-state index in [1.807, 2.05) is 50.2 Å². The summed E-state index contributed by atoms with van der Waals surface area (Å²) in [6.07, 6.45) is 0. The molecule has 0 aliphatic carbocycles. The normalized spacial score (nSPS) is 11.2. The molecule has 0 unspecified atom stereocenters. The van der Waals surface area contributed by atoms with E-state index >= 15 is 0 Å². The van der Waals surface area contributed by atoms with Crippen LogP contribution < -0.4 is 5.32 Å². The smallest absolute Gasteiger partial charge is 0.236 e. The molecule has 2 aromatic heterocycles. The Bertz CT molecular complexity index is 959. The van der Waals surface area contributed by atoms with E-state index in [0.29, 0.717) is 17.5 Å². The van der Waals surface area contributed by atoms with Gasteiger partial charge in [0.1, 0.15) is 5.82 Å². The number of hydrogen-bond acceptors (Lipinski definition) is 4. The Balaban J connectivity index is 1.70. The van der Waals surface area contributed by atoms with Gasteiger partial charge in [0, 0.05) is 18.3 Å². The minimum atomic E-state index is -0.0727. The highest BCUT2D eigenvalue weighted by molar-refractivity contribution is 7.99. The summed E-state index contributed by atoms with van der Waals surface area (Å²) in [5.74, 6) is 1.42. The third-order valence-electron chi connectivity index (χ3n) is 4.40. The van der Waals surface area contributed by atoms with Crippen molar-refractivity contribution >= 4 is 23.5 Å². The van der Waals surface area contributed by atoms with Crippen molar-refractivity contribution in [1.29, 1.82) is 0 Å². The number of imidazole rings is 1. The first-order valence-corrected chi connectivity index (χ1v) is 10.4. The Morgan fingerprint density at radius 2 is 1.89 bits per heavy atom. The lowest BCUT2D eigenvalue weighted by Crippen LogP contribution is -2.17. The first-order valence-electron chi connectivity index (χ1n) is 9.43. The number of benzene rings is 1. The highest BCUT2D eigenvalue weighted by Crippen LogP contribution is 2.23. The Hall–Kier alpha value is -2.54. The number of rotatable bonds is 7.